The molecule has 0 saturated heterocycles. The zero-order chi connectivity index (χ0) is 21.3. The van der Waals surface area contributed by atoms with Crippen molar-refractivity contribution in [2.45, 2.75) is 18.2 Å². The first kappa shape index (κ1) is 20.0. The predicted molar refractivity (Wildman–Crippen MR) is 112 cm³/mol. The molecule has 9 nitrogen and oxygen atoms in total. The topological polar surface area (TPSA) is 121 Å². The minimum atomic E-state index is -3.80. The maximum Gasteiger partial charge on any atom is 0.263 e. The Morgan fingerprint density at radius 3 is 2.17 bits per heavy atom. The van der Waals surface area contributed by atoms with E-state index in [2.05, 4.69) is 20.2 Å². The summed E-state index contributed by atoms with van der Waals surface area (Å²) in [5.41, 5.74) is 1.31. The molecule has 2 heterocycles. The van der Waals surface area contributed by atoms with Crippen LogP contribution in [-0.4, -0.2) is 42.0 Å². The van der Waals surface area contributed by atoms with Gasteiger partial charge in [-0.3, -0.25) is 19.2 Å². The van der Waals surface area contributed by atoms with Gasteiger partial charge in [-0.05, 0) is 42.8 Å². The van der Waals surface area contributed by atoms with E-state index in [0.717, 1.165) is 9.91 Å². The van der Waals surface area contributed by atoms with Gasteiger partial charge in [0.05, 0.1) is 22.7 Å². The largest absolute Gasteiger partial charge is 0.367 e. The number of rotatable bonds is 7. The van der Waals surface area contributed by atoms with Crippen LogP contribution in [0.2, 0.25) is 0 Å². The second kappa shape index (κ2) is 7.84. The molecule has 1 aliphatic heterocycles. The Kier molecular flexibility index (Phi) is 5.22. The van der Waals surface area contributed by atoms with Gasteiger partial charge in [0.1, 0.15) is 5.01 Å². The van der Waals surface area contributed by atoms with Gasteiger partial charge in [0, 0.05) is 5.69 Å². The van der Waals surface area contributed by atoms with Gasteiger partial charge in [0.2, 0.25) is 5.13 Å². The van der Waals surface area contributed by atoms with Gasteiger partial charge >= 0.3 is 0 Å². The Morgan fingerprint density at radius 2 is 1.60 bits per heavy atom. The summed E-state index contributed by atoms with van der Waals surface area (Å²) in [6.45, 7) is 1.88. The van der Waals surface area contributed by atoms with Crippen LogP contribution in [0.1, 0.15) is 32.6 Å². The number of carbonyl (C=O) groups excluding carboxylic acids is 2. The summed E-state index contributed by atoms with van der Waals surface area (Å²) < 4.78 is 27.4. The molecule has 0 radical (unpaired) electrons. The van der Waals surface area contributed by atoms with E-state index in [1.54, 1.807) is 36.4 Å². The maximum atomic E-state index is 12.5. The van der Waals surface area contributed by atoms with E-state index >= 15 is 0 Å². The number of aryl methyl sites for hydroxylation is 1. The Bertz CT molecular complexity index is 1190. The zero-order valence-electron chi connectivity index (χ0n) is 15.8. The van der Waals surface area contributed by atoms with Crippen LogP contribution in [0, 0.1) is 0 Å². The van der Waals surface area contributed by atoms with Gasteiger partial charge in [-0.1, -0.05) is 30.4 Å². The Balaban J connectivity index is 1.42. The lowest BCUT2D eigenvalue weighted by atomic mass is 10.1. The van der Waals surface area contributed by atoms with Gasteiger partial charge in [-0.25, -0.2) is 8.42 Å². The van der Waals surface area contributed by atoms with Gasteiger partial charge < -0.3 is 5.32 Å². The van der Waals surface area contributed by atoms with Gasteiger partial charge in [-0.2, -0.15) is 0 Å². The highest BCUT2D eigenvalue weighted by molar-refractivity contribution is 7.93. The highest BCUT2D eigenvalue weighted by Crippen LogP contribution is 2.24. The van der Waals surface area contributed by atoms with Crippen LogP contribution in [0.25, 0.3) is 0 Å². The van der Waals surface area contributed by atoms with Gasteiger partial charge in [0.25, 0.3) is 21.8 Å². The van der Waals surface area contributed by atoms with Crippen molar-refractivity contribution in [3.05, 3.63) is 64.7 Å². The first-order chi connectivity index (χ1) is 14.4. The fourth-order valence-corrected chi connectivity index (χ4v) is 4.83. The molecule has 1 aromatic heterocycles. The third kappa shape index (κ3) is 3.76. The number of nitrogens with one attached hydrogen (secondary N) is 2. The zero-order valence-corrected chi connectivity index (χ0v) is 17.5. The lowest BCUT2D eigenvalue weighted by Crippen LogP contribution is -2.34. The average Bonchev–Trinajstić information content (AvgIpc) is 3.29. The molecule has 30 heavy (non-hydrogen) atoms. The fraction of sp³-hybridized carbons (Fsp3) is 0.158. The molecule has 154 valence electrons. The number of aromatic nitrogens is 2. The molecule has 1 aliphatic rings. The molecular weight excluding hydrogens is 426 g/mol. The summed E-state index contributed by atoms with van der Waals surface area (Å²) in [7, 11) is -3.80. The number of anilines is 2. The molecule has 2 amide bonds. The van der Waals surface area contributed by atoms with Crippen molar-refractivity contribution in [2.24, 2.45) is 0 Å². The van der Waals surface area contributed by atoms with Crippen molar-refractivity contribution in [3.8, 4) is 0 Å². The van der Waals surface area contributed by atoms with Crippen LogP contribution in [0.5, 0.6) is 0 Å². The summed E-state index contributed by atoms with van der Waals surface area (Å²) in [4.78, 5) is 25.9. The van der Waals surface area contributed by atoms with Crippen LogP contribution in [0.15, 0.2) is 53.4 Å². The van der Waals surface area contributed by atoms with E-state index < -0.39 is 10.0 Å². The lowest BCUT2D eigenvalue weighted by molar-refractivity contribution is 0.0665. The smallest absolute Gasteiger partial charge is 0.263 e. The average molecular weight is 444 g/mol. The molecule has 3 aromatic rings. The molecule has 2 N–H and O–H groups in total. The molecule has 0 saturated carbocycles. The molecular formula is C19H17N5O4S2. The molecule has 4 rings (SSSR count). The first-order valence-electron chi connectivity index (χ1n) is 9.03. The third-order valence-corrected chi connectivity index (χ3v) is 6.94. The lowest BCUT2D eigenvalue weighted by Gasteiger charge is -2.16. The van der Waals surface area contributed by atoms with E-state index in [4.69, 9.17) is 0 Å². The highest BCUT2D eigenvalue weighted by atomic mass is 32.2. The summed E-state index contributed by atoms with van der Waals surface area (Å²) in [6.07, 6.45) is 0.673. The van der Waals surface area contributed by atoms with Crippen molar-refractivity contribution in [1.29, 1.82) is 0 Å². The number of imide groups is 1. The molecule has 0 aliphatic carbocycles. The minimum Gasteiger partial charge on any atom is -0.367 e. The summed E-state index contributed by atoms with van der Waals surface area (Å²) in [5, 5.41) is 11.6. The summed E-state index contributed by atoms with van der Waals surface area (Å²) >= 11 is 1.18. The number of fused-ring (bicyclic) bond motifs is 1. The number of nitrogens with zero attached hydrogens (tertiary/aromatic N) is 3. The van der Waals surface area contributed by atoms with Gasteiger partial charge in [0.15, 0.2) is 0 Å². The SMILES string of the molecule is CCc1nnc(NS(=O)(=O)c2ccc(NCN3C(=O)c4ccccc4C3=O)cc2)s1. The molecule has 11 heteroatoms. The molecule has 0 unspecified atom stereocenters. The standard InChI is InChI=1S/C19H17N5O4S2/c1-2-16-21-22-19(29-16)23-30(27,28)13-9-7-12(8-10-13)20-11-24-17(25)14-5-3-4-6-15(14)18(24)26/h3-10,20H,2,11H2,1H3,(H,22,23). The predicted octanol–water partition coefficient (Wildman–Crippen LogP) is 2.57. The quantitative estimate of drug-likeness (QED) is 0.538. The molecule has 0 atom stereocenters. The Hall–Kier alpha value is -3.31. The van der Waals surface area contributed by atoms with E-state index in [-0.39, 0.29) is 28.5 Å². The van der Waals surface area contributed by atoms with Crippen molar-refractivity contribution in [1.82, 2.24) is 15.1 Å². The number of sulfonamides is 1. The van der Waals surface area contributed by atoms with Crippen LogP contribution in [0.3, 0.4) is 0 Å². The summed E-state index contributed by atoms with van der Waals surface area (Å²) in [5.74, 6) is -0.731. The third-order valence-electron chi connectivity index (χ3n) is 4.48. The Labute approximate surface area is 176 Å². The monoisotopic (exact) mass is 443 g/mol. The van der Waals surface area contributed by atoms with Crippen LogP contribution in [-0.2, 0) is 16.4 Å². The van der Waals surface area contributed by atoms with Crippen molar-refractivity contribution < 1.29 is 18.0 Å². The van der Waals surface area contributed by atoms with E-state index in [0.29, 0.717) is 23.2 Å². The second-order valence-corrected chi connectivity index (χ2v) is 9.15. The van der Waals surface area contributed by atoms with E-state index in [9.17, 15) is 18.0 Å². The van der Waals surface area contributed by atoms with Crippen molar-refractivity contribution >= 4 is 44.0 Å². The van der Waals surface area contributed by atoms with E-state index in [1.165, 1.54) is 23.5 Å². The Morgan fingerprint density at radius 1 is 0.967 bits per heavy atom. The first-order valence-corrected chi connectivity index (χ1v) is 11.3. The second-order valence-electron chi connectivity index (χ2n) is 6.40. The molecule has 0 fully saturated rings. The van der Waals surface area contributed by atoms with Crippen molar-refractivity contribution in [2.75, 3.05) is 16.7 Å². The van der Waals surface area contributed by atoms with Gasteiger partial charge in [-0.15, -0.1) is 10.2 Å². The highest BCUT2D eigenvalue weighted by Gasteiger charge is 2.34. The number of amides is 2. The molecule has 0 bridgehead atoms. The van der Waals surface area contributed by atoms with E-state index in [1.807, 2.05) is 6.92 Å². The minimum absolute atomic E-state index is 0.0265. The fourth-order valence-electron chi connectivity index (χ4n) is 2.92. The molecule has 0 spiro atoms. The van der Waals surface area contributed by atoms with Crippen LogP contribution < -0.4 is 10.0 Å². The number of hydrogen-bond donors (Lipinski definition) is 2. The normalized spacial score (nSPS) is 13.4. The number of carbonyl (C=O) groups is 2. The maximum absolute atomic E-state index is 12.5. The van der Waals surface area contributed by atoms with Crippen LogP contribution in [0.4, 0.5) is 10.8 Å². The summed E-state index contributed by atoms with van der Waals surface area (Å²) in [6, 6.07) is 12.6. The number of benzene rings is 2. The van der Waals surface area contributed by atoms with Crippen molar-refractivity contribution in [3.63, 3.8) is 0 Å². The van der Waals surface area contributed by atoms with Crippen LogP contribution >= 0.6 is 11.3 Å². The number of hydrogen-bond acceptors (Lipinski definition) is 8. The molecule has 2 aromatic carbocycles.